The van der Waals surface area contributed by atoms with Gasteiger partial charge in [0.25, 0.3) is 0 Å². The van der Waals surface area contributed by atoms with E-state index in [2.05, 4.69) is 22.4 Å². The van der Waals surface area contributed by atoms with Crippen LogP contribution in [0.25, 0.3) is 0 Å². The fraction of sp³-hybridized carbons (Fsp3) is 0.529. The number of carbonyl (C=O) groups is 1. The molecule has 0 radical (unpaired) electrons. The number of tetrazole rings is 1. The summed E-state index contributed by atoms with van der Waals surface area (Å²) in [6.45, 7) is 4.83. The number of nitrogens with zero attached hydrogens (tertiary/aromatic N) is 5. The molecule has 7 heteroatoms. The Labute approximate surface area is 141 Å². The molecule has 1 fully saturated rings. The van der Waals surface area contributed by atoms with Crippen LogP contribution in [0.3, 0.4) is 0 Å². The molecule has 0 spiro atoms. The van der Waals surface area contributed by atoms with Crippen LogP contribution in [0.5, 0.6) is 5.75 Å². The Kier molecular flexibility index (Phi) is 5.40. The summed E-state index contributed by atoms with van der Waals surface area (Å²) in [7, 11) is 0. The molecule has 2 aromatic rings. The van der Waals surface area contributed by atoms with Gasteiger partial charge in [-0.15, -0.1) is 5.10 Å². The average Bonchev–Trinajstić information content (AvgIpc) is 3.13. The Morgan fingerprint density at radius 2 is 2.17 bits per heavy atom. The van der Waals surface area contributed by atoms with Crippen LogP contribution in [0.1, 0.15) is 24.8 Å². The van der Waals surface area contributed by atoms with E-state index in [9.17, 15) is 4.79 Å². The summed E-state index contributed by atoms with van der Waals surface area (Å²) in [5.74, 6) is 1.44. The molecule has 1 saturated heterocycles. The quantitative estimate of drug-likeness (QED) is 0.806. The van der Waals surface area contributed by atoms with Crippen molar-refractivity contribution in [1.29, 1.82) is 0 Å². The molecule has 128 valence electrons. The van der Waals surface area contributed by atoms with E-state index in [1.807, 2.05) is 29.2 Å². The number of amides is 1. The van der Waals surface area contributed by atoms with Crippen LogP contribution < -0.4 is 4.74 Å². The minimum Gasteiger partial charge on any atom is -0.493 e. The standard InChI is InChI=1S/C17H23N5O2/c1-14-4-6-16(7-5-14)24-12-15-3-2-9-21(11-15)17(23)8-10-22-13-18-19-20-22/h4-7,13,15H,2-3,8-12H2,1H3/t15-/m0/s1. The number of ether oxygens (including phenoxy) is 1. The zero-order chi connectivity index (χ0) is 16.8. The van der Waals surface area contributed by atoms with Gasteiger partial charge < -0.3 is 9.64 Å². The third-order valence-corrected chi connectivity index (χ3v) is 4.32. The van der Waals surface area contributed by atoms with Gasteiger partial charge in [-0.2, -0.15) is 0 Å². The highest BCUT2D eigenvalue weighted by Crippen LogP contribution is 2.20. The van der Waals surface area contributed by atoms with Crippen molar-refractivity contribution in [2.24, 2.45) is 5.92 Å². The van der Waals surface area contributed by atoms with E-state index in [0.717, 1.165) is 31.7 Å². The van der Waals surface area contributed by atoms with E-state index in [4.69, 9.17) is 4.74 Å². The van der Waals surface area contributed by atoms with Gasteiger partial charge in [0.1, 0.15) is 12.1 Å². The molecular formula is C17H23N5O2. The number of rotatable bonds is 6. The van der Waals surface area contributed by atoms with Gasteiger partial charge in [0.05, 0.1) is 13.2 Å². The predicted octanol–water partition coefficient (Wildman–Crippen LogP) is 1.69. The first kappa shape index (κ1) is 16.4. The summed E-state index contributed by atoms with van der Waals surface area (Å²) in [6, 6.07) is 8.08. The molecule has 1 aromatic heterocycles. The Morgan fingerprint density at radius 1 is 1.33 bits per heavy atom. The first-order valence-corrected chi connectivity index (χ1v) is 8.39. The Morgan fingerprint density at radius 3 is 2.92 bits per heavy atom. The largest absolute Gasteiger partial charge is 0.493 e. The number of benzene rings is 1. The molecule has 3 rings (SSSR count). The number of piperidine rings is 1. The smallest absolute Gasteiger partial charge is 0.224 e. The SMILES string of the molecule is Cc1ccc(OC[C@H]2CCCN(C(=O)CCn3cnnn3)C2)cc1. The molecule has 2 heterocycles. The van der Waals surface area contributed by atoms with Crippen LogP contribution in [0.2, 0.25) is 0 Å². The zero-order valence-corrected chi connectivity index (χ0v) is 14.0. The van der Waals surface area contributed by atoms with Crippen molar-refractivity contribution in [3.8, 4) is 5.75 Å². The van der Waals surface area contributed by atoms with Crippen LogP contribution in [0.4, 0.5) is 0 Å². The maximum atomic E-state index is 12.4. The van der Waals surface area contributed by atoms with Crippen molar-refractivity contribution < 1.29 is 9.53 Å². The lowest BCUT2D eigenvalue weighted by Gasteiger charge is -2.32. The van der Waals surface area contributed by atoms with Crippen molar-refractivity contribution in [3.63, 3.8) is 0 Å². The fourth-order valence-electron chi connectivity index (χ4n) is 2.93. The monoisotopic (exact) mass is 329 g/mol. The first-order valence-electron chi connectivity index (χ1n) is 8.39. The van der Waals surface area contributed by atoms with Gasteiger partial charge in [-0.25, -0.2) is 4.68 Å². The Hall–Kier alpha value is -2.44. The van der Waals surface area contributed by atoms with E-state index < -0.39 is 0 Å². The van der Waals surface area contributed by atoms with E-state index in [0.29, 0.717) is 25.5 Å². The molecule has 24 heavy (non-hydrogen) atoms. The predicted molar refractivity (Wildman–Crippen MR) is 88.4 cm³/mol. The van der Waals surface area contributed by atoms with E-state index in [1.165, 1.54) is 11.9 Å². The van der Waals surface area contributed by atoms with Crippen LogP contribution in [-0.2, 0) is 11.3 Å². The number of aromatic nitrogens is 4. The van der Waals surface area contributed by atoms with Crippen molar-refractivity contribution in [2.75, 3.05) is 19.7 Å². The van der Waals surface area contributed by atoms with Crippen LogP contribution in [-0.4, -0.2) is 50.7 Å². The van der Waals surface area contributed by atoms with Crippen molar-refractivity contribution in [3.05, 3.63) is 36.2 Å². The molecule has 1 aliphatic rings. The Balaban J connectivity index is 1.45. The van der Waals surface area contributed by atoms with Gasteiger partial charge >= 0.3 is 0 Å². The molecular weight excluding hydrogens is 306 g/mol. The Bertz CT molecular complexity index is 642. The lowest BCUT2D eigenvalue weighted by atomic mass is 9.98. The third kappa shape index (κ3) is 4.53. The number of aryl methyl sites for hydroxylation is 2. The highest BCUT2D eigenvalue weighted by Gasteiger charge is 2.24. The molecule has 0 N–H and O–H groups in total. The minimum absolute atomic E-state index is 0.158. The summed E-state index contributed by atoms with van der Waals surface area (Å²) in [5, 5.41) is 10.9. The lowest BCUT2D eigenvalue weighted by molar-refractivity contribution is -0.133. The molecule has 1 aromatic carbocycles. The van der Waals surface area contributed by atoms with Crippen molar-refractivity contribution in [2.45, 2.75) is 32.7 Å². The second kappa shape index (κ2) is 7.90. The highest BCUT2D eigenvalue weighted by atomic mass is 16.5. The van der Waals surface area contributed by atoms with Crippen LogP contribution in [0, 0.1) is 12.8 Å². The van der Waals surface area contributed by atoms with Crippen molar-refractivity contribution in [1.82, 2.24) is 25.1 Å². The van der Waals surface area contributed by atoms with Gasteiger partial charge in [-0.3, -0.25) is 4.79 Å². The average molecular weight is 329 g/mol. The summed E-state index contributed by atoms with van der Waals surface area (Å²) in [5.41, 5.74) is 1.22. The molecule has 0 aliphatic carbocycles. The van der Waals surface area contributed by atoms with E-state index in [-0.39, 0.29) is 5.91 Å². The van der Waals surface area contributed by atoms with Gasteiger partial charge in [0, 0.05) is 25.4 Å². The number of carbonyl (C=O) groups excluding carboxylic acids is 1. The summed E-state index contributed by atoms with van der Waals surface area (Å²) >= 11 is 0. The molecule has 0 bridgehead atoms. The summed E-state index contributed by atoms with van der Waals surface area (Å²) in [4.78, 5) is 14.3. The maximum absolute atomic E-state index is 12.4. The van der Waals surface area contributed by atoms with E-state index in [1.54, 1.807) is 4.68 Å². The maximum Gasteiger partial charge on any atom is 0.224 e. The van der Waals surface area contributed by atoms with Gasteiger partial charge in [-0.05, 0) is 42.3 Å². The second-order valence-corrected chi connectivity index (χ2v) is 6.29. The fourth-order valence-corrected chi connectivity index (χ4v) is 2.93. The molecule has 7 nitrogen and oxygen atoms in total. The first-order chi connectivity index (χ1) is 11.7. The summed E-state index contributed by atoms with van der Waals surface area (Å²) < 4.78 is 7.46. The van der Waals surface area contributed by atoms with E-state index >= 15 is 0 Å². The second-order valence-electron chi connectivity index (χ2n) is 6.29. The molecule has 1 amide bonds. The normalized spacial score (nSPS) is 17.7. The van der Waals surface area contributed by atoms with Crippen LogP contribution >= 0.6 is 0 Å². The molecule has 0 saturated carbocycles. The summed E-state index contributed by atoms with van der Waals surface area (Å²) in [6.07, 6.45) is 4.08. The lowest BCUT2D eigenvalue weighted by Crippen LogP contribution is -2.41. The molecule has 1 aliphatic heterocycles. The topological polar surface area (TPSA) is 73.1 Å². The highest BCUT2D eigenvalue weighted by molar-refractivity contribution is 5.76. The number of hydrogen-bond acceptors (Lipinski definition) is 5. The van der Waals surface area contributed by atoms with Crippen molar-refractivity contribution >= 4 is 5.91 Å². The minimum atomic E-state index is 0.158. The van der Waals surface area contributed by atoms with Gasteiger partial charge in [0.15, 0.2) is 0 Å². The van der Waals surface area contributed by atoms with Gasteiger partial charge in [0.2, 0.25) is 5.91 Å². The van der Waals surface area contributed by atoms with Crippen LogP contribution in [0.15, 0.2) is 30.6 Å². The third-order valence-electron chi connectivity index (χ3n) is 4.32. The van der Waals surface area contributed by atoms with Gasteiger partial charge in [-0.1, -0.05) is 17.7 Å². The molecule has 0 unspecified atom stereocenters. The number of likely N-dealkylation sites (tertiary alicyclic amines) is 1. The zero-order valence-electron chi connectivity index (χ0n) is 14.0. The number of hydrogen-bond donors (Lipinski definition) is 0. The molecule has 1 atom stereocenters.